The van der Waals surface area contributed by atoms with Gasteiger partial charge in [0.25, 0.3) is 0 Å². The maximum Gasteiger partial charge on any atom is 0.202 e. The fraction of sp³-hybridized carbons (Fsp3) is 0.100. The minimum Gasteiger partial charge on any atom is -0.493 e. The number of nitrogens with zero attached hydrogens (tertiary/aromatic N) is 1. The Morgan fingerprint density at radius 3 is 2.76 bits per heavy atom. The molecule has 2 aliphatic heterocycles. The standard InChI is InChI=1S/C20H15NO3S/c1-22-16-7-4-5-13-12-21(24-20(13)16)14-9-10-19-17(11-14)23-15-6-2-3-8-18(15)25-19/h2-11H,12H2,1H3. The van der Waals surface area contributed by atoms with Crippen LogP contribution in [0.3, 0.4) is 0 Å². The molecule has 0 radical (unpaired) electrons. The Balaban J connectivity index is 1.46. The Labute approximate surface area is 149 Å². The van der Waals surface area contributed by atoms with Crippen molar-refractivity contribution in [1.29, 1.82) is 0 Å². The molecule has 0 N–H and O–H groups in total. The van der Waals surface area contributed by atoms with Crippen molar-refractivity contribution in [1.82, 2.24) is 0 Å². The molecule has 5 heteroatoms. The zero-order valence-corrected chi connectivity index (χ0v) is 14.4. The van der Waals surface area contributed by atoms with Gasteiger partial charge in [-0.2, -0.15) is 0 Å². The van der Waals surface area contributed by atoms with Crippen molar-refractivity contribution in [3.8, 4) is 23.0 Å². The van der Waals surface area contributed by atoms with E-state index in [-0.39, 0.29) is 0 Å². The van der Waals surface area contributed by atoms with Crippen molar-refractivity contribution >= 4 is 17.4 Å². The summed E-state index contributed by atoms with van der Waals surface area (Å²) in [5, 5.41) is 1.86. The van der Waals surface area contributed by atoms with Crippen molar-refractivity contribution in [3.63, 3.8) is 0 Å². The molecule has 0 aromatic heterocycles. The van der Waals surface area contributed by atoms with Gasteiger partial charge in [0.2, 0.25) is 5.75 Å². The van der Waals surface area contributed by atoms with E-state index in [0.717, 1.165) is 44.0 Å². The molecular weight excluding hydrogens is 334 g/mol. The van der Waals surface area contributed by atoms with Gasteiger partial charge in [0, 0.05) is 11.6 Å². The minimum atomic E-state index is 0.676. The molecule has 0 aliphatic carbocycles. The van der Waals surface area contributed by atoms with Gasteiger partial charge in [0.05, 0.1) is 29.1 Å². The quantitative estimate of drug-likeness (QED) is 0.492. The molecule has 0 atom stereocenters. The van der Waals surface area contributed by atoms with Crippen LogP contribution in [0.1, 0.15) is 5.56 Å². The van der Waals surface area contributed by atoms with Gasteiger partial charge < -0.3 is 14.3 Å². The predicted octanol–water partition coefficient (Wildman–Crippen LogP) is 5.27. The van der Waals surface area contributed by atoms with E-state index in [0.29, 0.717) is 6.54 Å². The predicted molar refractivity (Wildman–Crippen MR) is 96.9 cm³/mol. The molecular formula is C20H15NO3S. The zero-order chi connectivity index (χ0) is 16.8. The van der Waals surface area contributed by atoms with E-state index in [1.807, 2.05) is 41.5 Å². The highest BCUT2D eigenvalue weighted by molar-refractivity contribution is 7.99. The van der Waals surface area contributed by atoms with E-state index in [4.69, 9.17) is 14.3 Å². The molecule has 0 spiro atoms. The number of ether oxygens (including phenoxy) is 2. The Bertz CT molecular complexity index is 973. The van der Waals surface area contributed by atoms with Crippen LogP contribution in [0.2, 0.25) is 0 Å². The number of methoxy groups -OCH3 is 1. The number of fused-ring (bicyclic) bond motifs is 3. The fourth-order valence-electron chi connectivity index (χ4n) is 3.06. The third kappa shape index (κ3) is 2.39. The number of hydroxylamine groups is 1. The molecule has 4 nitrogen and oxygen atoms in total. The average Bonchev–Trinajstić information content (AvgIpc) is 3.10. The van der Waals surface area contributed by atoms with Crippen LogP contribution in [-0.2, 0) is 6.54 Å². The first-order chi connectivity index (χ1) is 12.3. The minimum absolute atomic E-state index is 0.676. The van der Waals surface area contributed by atoms with E-state index in [2.05, 4.69) is 24.3 Å². The van der Waals surface area contributed by atoms with Gasteiger partial charge in [-0.3, -0.25) is 0 Å². The summed E-state index contributed by atoms with van der Waals surface area (Å²) in [4.78, 5) is 8.27. The Morgan fingerprint density at radius 2 is 1.84 bits per heavy atom. The summed E-state index contributed by atoms with van der Waals surface area (Å²) in [6.45, 7) is 0.676. The SMILES string of the molecule is COc1cccc2c1ON(c1ccc3c(c1)Oc1ccccc1S3)C2. The Kier molecular flexibility index (Phi) is 3.28. The summed E-state index contributed by atoms with van der Waals surface area (Å²) in [5.74, 6) is 3.28. The number of hydrogen-bond donors (Lipinski definition) is 0. The number of rotatable bonds is 2. The first kappa shape index (κ1) is 14.5. The van der Waals surface area contributed by atoms with Gasteiger partial charge in [0.15, 0.2) is 5.75 Å². The second kappa shape index (κ2) is 5.63. The number of anilines is 1. The smallest absolute Gasteiger partial charge is 0.202 e. The highest BCUT2D eigenvalue weighted by Gasteiger charge is 2.26. The lowest BCUT2D eigenvalue weighted by molar-refractivity contribution is 0.289. The lowest BCUT2D eigenvalue weighted by Gasteiger charge is -2.22. The maximum atomic E-state index is 6.07. The van der Waals surface area contributed by atoms with Crippen LogP contribution < -0.4 is 19.4 Å². The van der Waals surface area contributed by atoms with E-state index < -0.39 is 0 Å². The Morgan fingerprint density at radius 1 is 0.960 bits per heavy atom. The summed E-state index contributed by atoms with van der Waals surface area (Å²) in [6.07, 6.45) is 0. The maximum absolute atomic E-state index is 6.07. The van der Waals surface area contributed by atoms with Crippen LogP contribution in [0.15, 0.2) is 70.5 Å². The molecule has 2 aliphatic rings. The largest absolute Gasteiger partial charge is 0.493 e. The van der Waals surface area contributed by atoms with Crippen LogP contribution in [0.25, 0.3) is 0 Å². The summed E-state index contributed by atoms with van der Waals surface area (Å²) >= 11 is 1.72. The lowest BCUT2D eigenvalue weighted by atomic mass is 10.2. The van der Waals surface area contributed by atoms with E-state index in [9.17, 15) is 0 Å². The van der Waals surface area contributed by atoms with Crippen LogP contribution in [0.4, 0.5) is 5.69 Å². The van der Waals surface area contributed by atoms with Gasteiger partial charge in [-0.25, -0.2) is 5.06 Å². The third-order valence-corrected chi connectivity index (χ3v) is 5.41. The average molecular weight is 349 g/mol. The monoisotopic (exact) mass is 349 g/mol. The molecule has 5 rings (SSSR count). The molecule has 124 valence electrons. The van der Waals surface area contributed by atoms with E-state index in [1.165, 1.54) is 0 Å². The van der Waals surface area contributed by atoms with Crippen LogP contribution in [0, 0.1) is 0 Å². The van der Waals surface area contributed by atoms with Gasteiger partial charge in [0.1, 0.15) is 11.5 Å². The van der Waals surface area contributed by atoms with Gasteiger partial charge >= 0.3 is 0 Å². The molecule has 0 unspecified atom stereocenters. The molecule has 3 aromatic carbocycles. The molecule has 0 saturated heterocycles. The van der Waals surface area contributed by atoms with Crippen molar-refractivity contribution in [2.45, 2.75) is 16.3 Å². The third-order valence-electron chi connectivity index (χ3n) is 4.30. The van der Waals surface area contributed by atoms with Gasteiger partial charge in [-0.05, 0) is 30.3 Å². The van der Waals surface area contributed by atoms with Crippen LogP contribution in [0.5, 0.6) is 23.0 Å². The molecule has 0 amide bonds. The Hall–Kier alpha value is -2.79. The van der Waals surface area contributed by atoms with Gasteiger partial charge in [-0.1, -0.05) is 36.0 Å². The van der Waals surface area contributed by atoms with Crippen molar-refractivity contribution in [2.75, 3.05) is 12.2 Å². The van der Waals surface area contributed by atoms with Crippen molar-refractivity contribution in [3.05, 3.63) is 66.2 Å². The van der Waals surface area contributed by atoms with E-state index in [1.54, 1.807) is 18.9 Å². The normalized spacial score (nSPS) is 14.0. The molecule has 25 heavy (non-hydrogen) atoms. The summed E-state index contributed by atoms with van der Waals surface area (Å²) in [7, 11) is 1.66. The van der Waals surface area contributed by atoms with Crippen LogP contribution >= 0.6 is 11.8 Å². The molecule has 3 aromatic rings. The highest BCUT2D eigenvalue weighted by Crippen LogP contribution is 2.48. The number of benzene rings is 3. The zero-order valence-electron chi connectivity index (χ0n) is 13.6. The molecule has 2 heterocycles. The fourth-order valence-corrected chi connectivity index (χ4v) is 3.99. The summed E-state index contributed by atoms with van der Waals surface area (Å²) in [5.41, 5.74) is 2.06. The van der Waals surface area contributed by atoms with E-state index >= 15 is 0 Å². The summed E-state index contributed by atoms with van der Waals surface area (Å²) in [6, 6.07) is 20.2. The lowest BCUT2D eigenvalue weighted by Crippen LogP contribution is -2.20. The topological polar surface area (TPSA) is 30.9 Å². The van der Waals surface area contributed by atoms with Crippen molar-refractivity contribution in [2.24, 2.45) is 0 Å². The van der Waals surface area contributed by atoms with Crippen molar-refractivity contribution < 1.29 is 14.3 Å². The summed E-state index contributed by atoms with van der Waals surface area (Å²) < 4.78 is 11.5. The molecule has 0 fully saturated rings. The molecule has 0 saturated carbocycles. The van der Waals surface area contributed by atoms with Crippen LogP contribution in [-0.4, -0.2) is 7.11 Å². The van der Waals surface area contributed by atoms with Gasteiger partial charge in [-0.15, -0.1) is 0 Å². The number of hydrogen-bond acceptors (Lipinski definition) is 5. The molecule has 0 bridgehead atoms. The number of para-hydroxylation sites is 2. The first-order valence-corrected chi connectivity index (χ1v) is 8.83. The second-order valence-electron chi connectivity index (χ2n) is 5.86. The first-order valence-electron chi connectivity index (χ1n) is 8.02. The second-order valence-corrected chi connectivity index (χ2v) is 6.94. The highest BCUT2D eigenvalue weighted by atomic mass is 32.2.